The van der Waals surface area contributed by atoms with Crippen LogP contribution in [-0.2, 0) is 14.9 Å². The monoisotopic (exact) mass is 609 g/mol. The number of primary amides is 1. The highest BCUT2D eigenvalue weighted by atomic mass is 35.5. The molecule has 208 valence electrons. The number of nitrogens with zero attached hydrogens (tertiary/aromatic N) is 3. The second-order valence-electron chi connectivity index (χ2n) is 8.83. The maximum Gasteiger partial charge on any atom is 0.413 e. The molecule has 4 rings (SSSR count). The van der Waals surface area contributed by atoms with Gasteiger partial charge in [-0.3, -0.25) is 10.1 Å². The molecule has 16 heteroatoms. The minimum Gasteiger partial charge on any atom is -0.441 e. The lowest BCUT2D eigenvalue weighted by Crippen LogP contribution is -2.30. The van der Waals surface area contributed by atoms with Crippen LogP contribution in [-0.4, -0.2) is 21.8 Å². The van der Waals surface area contributed by atoms with Gasteiger partial charge in [0, 0.05) is 5.56 Å². The minimum atomic E-state index is -10.2. The van der Waals surface area contributed by atoms with Crippen LogP contribution >= 0.6 is 33.4 Å². The summed E-state index contributed by atoms with van der Waals surface area (Å²) in [5, 5.41) is 14.2. The zero-order valence-electron chi connectivity index (χ0n) is 19.7. The predicted molar refractivity (Wildman–Crippen MR) is 135 cm³/mol. The number of ether oxygens (including phenoxy) is 1. The molecule has 1 unspecified atom stereocenters. The summed E-state index contributed by atoms with van der Waals surface area (Å²) in [6, 6.07) is 10.2. The van der Waals surface area contributed by atoms with Gasteiger partial charge in [-0.25, -0.2) is 9.48 Å². The van der Waals surface area contributed by atoms with Crippen molar-refractivity contribution in [1.82, 2.24) is 9.78 Å². The van der Waals surface area contributed by atoms with Crippen molar-refractivity contribution in [3.05, 3.63) is 69.3 Å². The van der Waals surface area contributed by atoms with E-state index >= 15 is 0 Å². The number of anilines is 1. The number of halogens is 7. The molecule has 1 aliphatic rings. The quantitative estimate of drug-likeness (QED) is 0.268. The molecule has 2 amide bonds. The van der Waals surface area contributed by atoms with Gasteiger partial charge in [-0.1, -0.05) is 73.0 Å². The minimum absolute atomic E-state index is 0.0434. The number of amides is 2. The van der Waals surface area contributed by atoms with Crippen molar-refractivity contribution >= 4 is 51.2 Å². The molecule has 0 aliphatic heterocycles. The fourth-order valence-electron chi connectivity index (χ4n) is 4.02. The second-order valence-corrected chi connectivity index (χ2v) is 12.1. The van der Waals surface area contributed by atoms with Crippen molar-refractivity contribution in [2.75, 3.05) is 5.32 Å². The van der Waals surface area contributed by atoms with Gasteiger partial charge in [-0.05, 0) is 37.5 Å². The average Bonchev–Trinajstić information content (AvgIpc) is 3.55. The van der Waals surface area contributed by atoms with Crippen LogP contribution in [0.2, 0.25) is 10.0 Å². The van der Waals surface area contributed by atoms with Gasteiger partial charge in [0.25, 0.3) is 0 Å². The Morgan fingerprint density at radius 3 is 2.18 bits per heavy atom. The van der Waals surface area contributed by atoms with E-state index in [-0.39, 0.29) is 30.5 Å². The van der Waals surface area contributed by atoms with Crippen molar-refractivity contribution in [3.63, 3.8) is 0 Å². The lowest BCUT2D eigenvalue weighted by Gasteiger charge is -2.40. The Bertz CT molecular complexity index is 1530. The van der Waals surface area contributed by atoms with Crippen molar-refractivity contribution in [2.24, 2.45) is 5.73 Å². The van der Waals surface area contributed by atoms with Gasteiger partial charge in [0.1, 0.15) is 28.6 Å². The predicted octanol–water partition coefficient (Wildman–Crippen LogP) is 7.53. The van der Waals surface area contributed by atoms with Crippen LogP contribution in [0.1, 0.15) is 42.7 Å². The third-order valence-corrected chi connectivity index (χ3v) is 7.82. The smallest absolute Gasteiger partial charge is 0.413 e. The zero-order valence-corrected chi connectivity index (χ0v) is 22.1. The first-order valence-corrected chi connectivity index (χ1v) is 13.7. The van der Waals surface area contributed by atoms with Gasteiger partial charge in [0.05, 0.1) is 15.5 Å². The molecule has 2 aromatic carbocycles. The largest absolute Gasteiger partial charge is 0.441 e. The van der Waals surface area contributed by atoms with Gasteiger partial charge in [-0.15, -0.1) is 0 Å². The highest BCUT2D eigenvalue weighted by Gasteiger charge is 2.65. The second kappa shape index (κ2) is 8.73. The molecule has 1 aromatic heterocycles. The number of hydrogen-bond acceptors (Lipinski definition) is 5. The fourth-order valence-corrected chi connectivity index (χ4v) is 5.48. The number of aromatic nitrogens is 2. The normalized spacial score (nSPS) is 16.8. The van der Waals surface area contributed by atoms with Crippen LogP contribution in [0, 0.1) is 11.3 Å². The summed E-state index contributed by atoms with van der Waals surface area (Å²) < 4.78 is 73.2. The summed E-state index contributed by atoms with van der Waals surface area (Å²) in [7, 11) is -10.2. The molecule has 1 fully saturated rings. The summed E-state index contributed by atoms with van der Waals surface area (Å²) in [5.41, 5.74) is 3.59. The number of carbonyl (C=O) groups is 2. The first kappa shape index (κ1) is 28.5. The van der Waals surface area contributed by atoms with Gasteiger partial charge >= 0.3 is 16.3 Å². The van der Waals surface area contributed by atoms with Crippen molar-refractivity contribution in [3.8, 4) is 11.8 Å². The van der Waals surface area contributed by atoms with Crippen molar-refractivity contribution in [2.45, 2.75) is 36.2 Å². The molecule has 1 heterocycles. The third-order valence-electron chi connectivity index (χ3n) is 6.11. The number of nitrogens with one attached hydrogen (secondary N) is 1. The number of nitrogens with two attached hydrogens (primary N) is 1. The van der Waals surface area contributed by atoms with Gasteiger partial charge in [-0.2, -0.15) is 10.4 Å². The molecule has 0 saturated heterocycles. The summed E-state index contributed by atoms with van der Waals surface area (Å²) in [5.74, 6) is -1.27. The van der Waals surface area contributed by atoms with E-state index in [9.17, 15) is 34.3 Å². The molecular formula is C23H18Cl2F5N5O3S. The molecule has 3 N–H and O–H groups in total. The molecule has 0 spiro atoms. The Morgan fingerprint density at radius 1 is 1.15 bits per heavy atom. The lowest BCUT2D eigenvalue weighted by atomic mass is 9.94. The first-order chi connectivity index (χ1) is 17.9. The summed E-state index contributed by atoms with van der Waals surface area (Å²) in [4.78, 5) is 22.9. The molecule has 1 saturated carbocycles. The van der Waals surface area contributed by atoms with Crippen LogP contribution in [0.4, 0.5) is 30.0 Å². The molecule has 3 aromatic rings. The van der Waals surface area contributed by atoms with E-state index in [2.05, 4.69) is 10.4 Å². The Labute approximate surface area is 228 Å². The van der Waals surface area contributed by atoms with Crippen LogP contribution in [0.3, 0.4) is 0 Å². The zero-order chi connectivity index (χ0) is 29.0. The van der Waals surface area contributed by atoms with Gasteiger partial charge in [0.15, 0.2) is 5.69 Å². The van der Waals surface area contributed by atoms with Gasteiger partial charge in [0.2, 0.25) is 5.91 Å². The number of hydrogen-bond donors (Lipinski definition) is 2. The first-order valence-electron chi connectivity index (χ1n) is 11.0. The van der Waals surface area contributed by atoms with E-state index in [1.165, 1.54) is 0 Å². The SMILES string of the molecule is CC(OC(=O)Nc1c(C2(C(N)=O)CC2)c(C#N)nn1-c1c(Cl)cc(S(F)(F)(F)(F)F)cc1Cl)c1ccccc1. The molecule has 0 radical (unpaired) electrons. The van der Waals surface area contributed by atoms with Crippen molar-refractivity contribution in [1.29, 1.82) is 5.26 Å². The van der Waals surface area contributed by atoms with E-state index in [0.717, 1.165) is 0 Å². The Hall–Kier alpha value is -3.54. The molecule has 1 atom stereocenters. The number of rotatable bonds is 7. The highest BCUT2D eigenvalue weighted by Crippen LogP contribution is 3.02. The number of carbonyl (C=O) groups excluding carboxylic acids is 2. The molecule has 0 bridgehead atoms. The average molecular weight is 610 g/mol. The van der Waals surface area contributed by atoms with Crippen LogP contribution in [0.15, 0.2) is 47.4 Å². The highest BCUT2D eigenvalue weighted by molar-refractivity contribution is 8.45. The number of nitriles is 1. The summed E-state index contributed by atoms with van der Waals surface area (Å²) in [6.07, 6.45) is -1.56. The van der Waals surface area contributed by atoms with Crippen LogP contribution in [0.25, 0.3) is 5.69 Å². The van der Waals surface area contributed by atoms with Gasteiger partial charge < -0.3 is 10.5 Å². The van der Waals surface area contributed by atoms with Crippen molar-refractivity contribution < 1.29 is 33.8 Å². The number of benzene rings is 2. The van der Waals surface area contributed by atoms with E-state index in [4.69, 9.17) is 33.7 Å². The topological polar surface area (TPSA) is 123 Å². The molecular weight excluding hydrogens is 592 g/mol. The third kappa shape index (κ3) is 5.47. The Balaban J connectivity index is 1.87. The van der Waals surface area contributed by atoms with Crippen LogP contribution < -0.4 is 11.1 Å². The standard InChI is InChI=1S/C23H18Cl2F5N5O3S/c1-12(13-5-3-2-4-6-13)38-22(37)33-20-18(23(7-8-23)21(32)36)17(11-31)34-35(20)19-15(24)9-14(10-16(19)25)39(26,27,28,29)30/h2-6,9-10,12H,7-8H2,1H3,(H2,32,36)(H,33,37). The lowest BCUT2D eigenvalue weighted by molar-refractivity contribution is -0.120. The maximum absolute atomic E-state index is 13.4. The van der Waals surface area contributed by atoms with Crippen LogP contribution in [0.5, 0.6) is 0 Å². The fraction of sp³-hybridized carbons (Fsp3) is 0.217. The summed E-state index contributed by atoms with van der Waals surface area (Å²) >= 11 is 12.0. The maximum atomic E-state index is 13.4. The van der Waals surface area contributed by atoms with E-state index in [1.807, 2.05) is 0 Å². The summed E-state index contributed by atoms with van der Waals surface area (Å²) in [6.45, 7) is 1.56. The Morgan fingerprint density at radius 2 is 1.72 bits per heavy atom. The van der Waals surface area contributed by atoms with E-state index in [0.29, 0.717) is 10.2 Å². The Kier molecular flexibility index (Phi) is 6.38. The van der Waals surface area contributed by atoms with E-state index in [1.54, 1.807) is 43.3 Å². The molecule has 1 aliphatic carbocycles. The molecule has 39 heavy (non-hydrogen) atoms. The van der Waals surface area contributed by atoms with E-state index < -0.39 is 65.9 Å². The molecule has 8 nitrogen and oxygen atoms in total.